The van der Waals surface area contributed by atoms with Gasteiger partial charge in [0.05, 0.1) is 15.6 Å². The summed E-state index contributed by atoms with van der Waals surface area (Å²) in [5.74, 6) is -0.849. The molecular formula is C14H15N3O3S. The van der Waals surface area contributed by atoms with Crippen molar-refractivity contribution in [2.75, 3.05) is 11.9 Å². The number of aliphatic carboxylic acids is 1. The Morgan fingerprint density at radius 1 is 1.43 bits per heavy atom. The van der Waals surface area contributed by atoms with Gasteiger partial charge < -0.3 is 10.4 Å². The van der Waals surface area contributed by atoms with E-state index in [1.54, 1.807) is 0 Å². The Morgan fingerprint density at radius 2 is 2.19 bits per heavy atom. The summed E-state index contributed by atoms with van der Waals surface area (Å²) >= 11 is 1.40. The van der Waals surface area contributed by atoms with E-state index >= 15 is 0 Å². The first-order valence-corrected chi connectivity index (χ1v) is 7.46. The van der Waals surface area contributed by atoms with Gasteiger partial charge in [0.15, 0.2) is 5.13 Å². The Hall–Kier alpha value is -2.15. The molecule has 0 unspecified atom stereocenters. The molecule has 0 saturated heterocycles. The molecule has 1 aliphatic rings. The number of nitrogens with one attached hydrogen (secondary N) is 2. The fourth-order valence-corrected chi connectivity index (χ4v) is 3.05. The van der Waals surface area contributed by atoms with E-state index in [0.717, 1.165) is 15.8 Å². The van der Waals surface area contributed by atoms with E-state index in [9.17, 15) is 9.59 Å². The largest absolute Gasteiger partial charge is 0.481 e. The van der Waals surface area contributed by atoms with Crippen molar-refractivity contribution in [1.82, 2.24) is 10.3 Å². The van der Waals surface area contributed by atoms with Crippen LogP contribution in [0.15, 0.2) is 18.2 Å². The van der Waals surface area contributed by atoms with Crippen LogP contribution in [0.2, 0.25) is 0 Å². The number of hydrogen-bond donors (Lipinski definition) is 3. The summed E-state index contributed by atoms with van der Waals surface area (Å²) in [5.41, 5.74) is 1.21. The number of rotatable bonds is 4. The molecule has 1 heterocycles. The zero-order valence-corrected chi connectivity index (χ0v) is 12.3. The minimum absolute atomic E-state index is 0.151. The summed E-state index contributed by atoms with van der Waals surface area (Å²) in [4.78, 5) is 27.1. The molecule has 0 aliphatic heterocycles. The highest BCUT2D eigenvalue weighted by molar-refractivity contribution is 7.22. The number of hydrogen-bond acceptors (Lipinski definition) is 4. The third-order valence-corrected chi connectivity index (χ3v) is 4.59. The van der Waals surface area contributed by atoms with Gasteiger partial charge in [-0.2, -0.15) is 0 Å². The minimum atomic E-state index is -0.849. The maximum Gasteiger partial charge on any atom is 0.321 e. The number of thiazole rings is 1. The number of carboxylic acids is 1. The Morgan fingerprint density at radius 3 is 2.86 bits per heavy atom. The summed E-state index contributed by atoms with van der Waals surface area (Å²) in [7, 11) is 0. The van der Waals surface area contributed by atoms with Crippen LogP contribution in [-0.2, 0) is 4.79 Å². The first-order valence-electron chi connectivity index (χ1n) is 6.64. The number of carbonyl (C=O) groups excluding carboxylic acids is 1. The minimum Gasteiger partial charge on any atom is -0.481 e. The van der Waals surface area contributed by atoms with E-state index in [1.165, 1.54) is 11.3 Å². The van der Waals surface area contributed by atoms with Gasteiger partial charge in [-0.05, 0) is 37.5 Å². The molecule has 2 amide bonds. The summed E-state index contributed by atoms with van der Waals surface area (Å²) in [6.07, 6.45) is 1.23. The molecule has 1 aliphatic carbocycles. The summed E-state index contributed by atoms with van der Waals surface area (Å²) < 4.78 is 1.01. The van der Waals surface area contributed by atoms with Crippen molar-refractivity contribution in [2.24, 2.45) is 5.41 Å². The first-order chi connectivity index (χ1) is 9.98. The highest BCUT2D eigenvalue weighted by Crippen LogP contribution is 2.45. The molecular weight excluding hydrogens is 290 g/mol. The van der Waals surface area contributed by atoms with Crippen LogP contribution in [0.25, 0.3) is 10.2 Å². The van der Waals surface area contributed by atoms with Gasteiger partial charge in [0.25, 0.3) is 0 Å². The van der Waals surface area contributed by atoms with Crippen LogP contribution >= 0.6 is 11.3 Å². The van der Waals surface area contributed by atoms with Gasteiger partial charge in [-0.1, -0.05) is 17.4 Å². The van der Waals surface area contributed by atoms with Crippen molar-refractivity contribution in [3.63, 3.8) is 0 Å². The lowest BCUT2D eigenvalue weighted by Crippen LogP contribution is -2.36. The molecule has 110 valence electrons. The van der Waals surface area contributed by atoms with E-state index in [-0.39, 0.29) is 6.54 Å². The summed E-state index contributed by atoms with van der Waals surface area (Å²) in [6.45, 7) is 2.15. The van der Waals surface area contributed by atoms with Crippen molar-refractivity contribution in [3.8, 4) is 0 Å². The molecule has 1 aromatic carbocycles. The maximum atomic E-state index is 11.8. The average molecular weight is 305 g/mol. The second-order valence-electron chi connectivity index (χ2n) is 5.38. The van der Waals surface area contributed by atoms with Crippen molar-refractivity contribution < 1.29 is 14.7 Å². The van der Waals surface area contributed by atoms with Gasteiger partial charge in [-0.15, -0.1) is 0 Å². The quantitative estimate of drug-likeness (QED) is 0.809. The van der Waals surface area contributed by atoms with E-state index < -0.39 is 17.4 Å². The maximum absolute atomic E-state index is 11.8. The predicted octanol–water partition coefficient (Wildman–Crippen LogP) is 2.59. The lowest BCUT2D eigenvalue weighted by atomic mass is 10.1. The van der Waals surface area contributed by atoms with Crippen LogP contribution in [-0.4, -0.2) is 28.6 Å². The second kappa shape index (κ2) is 5.00. The van der Waals surface area contributed by atoms with Crippen molar-refractivity contribution in [1.29, 1.82) is 0 Å². The fraction of sp³-hybridized carbons (Fsp3) is 0.357. The van der Waals surface area contributed by atoms with Crippen LogP contribution in [0.3, 0.4) is 0 Å². The van der Waals surface area contributed by atoms with Crippen LogP contribution in [0.4, 0.5) is 9.93 Å². The van der Waals surface area contributed by atoms with Crippen LogP contribution < -0.4 is 10.6 Å². The lowest BCUT2D eigenvalue weighted by molar-refractivity contribution is -0.143. The summed E-state index contributed by atoms with van der Waals surface area (Å²) in [6, 6.07) is 5.47. The highest BCUT2D eigenvalue weighted by atomic mass is 32.1. The predicted molar refractivity (Wildman–Crippen MR) is 80.7 cm³/mol. The number of benzene rings is 1. The zero-order chi connectivity index (χ0) is 15.0. The molecule has 2 aromatic rings. The molecule has 1 saturated carbocycles. The Balaban J connectivity index is 1.62. The number of aromatic nitrogens is 1. The number of amides is 2. The highest BCUT2D eigenvalue weighted by Gasteiger charge is 2.50. The van der Waals surface area contributed by atoms with Crippen LogP contribution in [0, 0.1) is 12.3 Å². The molecule has 0 bridgehead atoms. The fourth-order valence-electron chi connectivity index (χ4n) is 2.09. The number of anilines is 1. The Labute approximate surface area is 125 Å². The molecule has 1 fully saturated rings. The van der Waals surface area contributed by atoms with Gasteiger partial charge in [-0.3, -0.25) is 10.1 Å². The molecule has 0 atom stereocenters. The standard InChI is InChI=1S/C14H15N3O3S/c1-8-2-3-9-10(6-8)21-13(16-9)17-12(20)15-7-14(4-5-14)11(18)19/h2-3,6H,4-5,7H2,1H3,(H,18,19)(H2,15,16,17,20). The molecule has 21 heavy (non-hydrogen) atoms. The van der Waals surface area contributed by atoms with E-state index in [4.69, 9.17) is 5.11 Å². The van der Waals surface area contributed by atoms with E-state index in [0.29, 0.717) is 18.0 Å². The van der Waals surface area contributed by atoms with Crippen molar-refractivity contribution >= 4 is 38.7 Å². The van der Waals surface area contributed by atoms with E-state index in [2.05, 4.69) is 15.6 Å². The molecule has 6 nitrogen and oxygen atoms in total. The molecule has 3 rings (SSSR count). The van der Waals surface area contributed by atoms with Gasteiger partial charge in [0.1, 0.15) is 0 Å². The smallest absolute Gasteiger partial charge is 0.321 e. The summed E-state index contributed by atoms with van der Waals surface area (Å²) in [5, 5.41) is 14.8. The van der Waals surface area contributed by atoms with Gasteiger partial charge in [-0.25, -0.2) is 9.78 Å². The normalized spacial score (nSPS) is 15.7. The number of urea groups is 1. The monoisotopic (exact) mass is 305 g/mol. The number of fused-ring (bicyclic) bond motifs is 1. The number of carboxylic acid groups (broad SMARTS) is 1. The Kier molecular flexibility index (Phi) is 3.29. The third kappa shape index (κ3) is 2.82. The van der Waals surface area contributed by atoms with Crippen LogP contribution in [0.5, 0.6) is 0 Å². The van der Waals surface area contributed by atoms with Gasteiger partial charge >= 0.3 is 12.0 Å². The van der Waals surface area contributed by atoms with Gasteiger partial charge in [0, 0.05) is 6.54 Å². The third-order valence-electron chi connectivity index (χ3n) is 3.66. The van der Waals surface area contributed by atoms with Crippen molar-refractivity contribution in [3.05, 3.63) is 23.8 Å². The molecule has 0 spiro atoms. The number of aryl methyl sites for hydroxylation is 1. The van der Waals surface area contributed by atoms with Gasteiger partial charge in [0.2, 0.25) is 0 Å². The van der Waals surface area contributed by atoms with Crippen molar-refractivity contribution in [2.45, 2.75) is 19.8 Å². The SMILES string of the molecule is Cc1ccc2nc(NC(=O)NCC3(C(=O)O)CC3)sc2c1. The van der Waals surface area contributed by atoms with E-state index in [1.807, 2.05) is 25.1 Å². The first kappa shape index (κ1) is 13.8. The molecule has 0 radical (unpaired) electrons. The Bertz CT molecular complexity index is 721. The topological polar surface area (TPSA) is 91.3 Å². The average Bonchev–Trinajstić information content (AvgIpc) is 3.12. The molecule has 3 N–H and O–H groups in total. The number of nitrogens with zero attached hydrogens (tertiary/aromatic N) is 1. The second-order valence-corrected chi connectivity index (χ2v) is 6.41. The van der Waals surface area contributed by atoms with Crippen LogP contribution in [0.1, 0.15) is 18.4 Å². The molecule has 7 heteroatoms. The number of carbonyl (C=O) groups is 2. The lowest BCUT2D eigenvalue weighted by Gasteiger charge is -2.10. The molecule has 1 aromatic heterocycles. The zero-order valence-electron chi connectivity index (χ0n) is 11.5.